The molecule has 0 bridgehead atoms. The highest BCUT2D eigenvalue weighted by molar-refractivity contribution is 9.09. The van der Waals surface area contributed by atoms with Gasteiger partial charge in [-0.05, 0) is 17.7 Å². The number of benzene rings is 1. The molecule has 1 aromatic carbocycles. The van der Waals surface area contributed by atoms with E-state index < -0.39 is 0 Å². The summed E-state index contributed by atoms with van der Waals surface area (Å²) in [5.74, 6) is 0.00401. The van der Waals surface area contributed by atoms with Gasteiger partial charge in [0.05, 0.1) is 19.8 Å². The summed E-state index contributed by atoms with van der Waals surface area (Å²) in [6, 6.07) is 7.65. The molecule has 0 aromatic heterocycles. The highest BCUT2D eigenvalue weighted by atomic mass is 79.9. The van der Waals surface area contributed by atoms with Crippen LogP contribution in [0.4, 0.5) is 5.69 Å². The molecular formula is C13H18BrNO3. The molecule has 0 atom stereocenters. The first kappa shape index (κ1) is 15.1. The Balaban J connectivity index is 2.43. The zero-order valence-corrected chi connectivity index (χ0v) is 12.0. The van der Waals surface area contributed by atoms with Crippen LogP contribution in [0, 0.1) is 0 Å². The average Bonchev–Trinajstić information content (AvgIpc) is 2.35. The lowest BCUT2D eigenvalue weighted by Gasteiger charge is -2.07. The van der Waals surface area contributed by atoms with Gasteiger partial charge in [0.2, 0.25) is 5.91 Å². The summed E-state index contributed by atoms with van der Waals surface area (Å²) >= 11 is 3.23. The van der Waals surface area contributed by atoms with Gasteiger partial charge >= 0.3 is 0 Å². The van der Waals surface area contributed by atoms with Crippen molar-refractivity contribution in [2.45, 2.75) is 13.0 Å². The normalized spacial score (nSPS) is 10.3. The first-order chi connectivity index (χ1) is 8.76. The molecule has 18 heavy (non-hydrogen) atoms. The lowest BCUT2D eigenvalue weighted by Crippen LogP contribution is -2.11. The summed E-state index contributed by atoms with van der Waals surface area (Å²) in [7, 11) is 1.64. The van der Waals surface area contributed by atoms with E-state index in [1.807, 2.05) is 24.3 Å². The van der Waals surface area contributed by atoms with Crippen LogP contribution < -0.4 is 5.32 Å². The zero-order chi connectivity index (χ0) is 13.2. The van der Waals surface area contributed by atoms with Gasteiger partial charge in [-0.2, -0.15) is 0 Å². The fourth-order valence-corrected chi connectivity index (χ4v) is 1.74. The van der Waals surface area contributed by atoms with Crippen molar-refractivity contribution in [3.05, 3.63) is 29.8 Å². The van der Waals surface area contributed by atoms with Crippen LogP contribution in [0.2, 0.25) is 0 Å². The summed E-state index contributed by atoms with van der Waals surface area (Å²) in [4.78, 5) is 11.4. The van der Waals surface area contributed by atoms with Crippen molar-refractivity contribution in [2.75, 3.05) is 31.0 Å². The number of hydrogen-bond acceptors (Lipinski definition) is 3. The molecule has 1 aromatic rings. The lowest BCUT2D eigenvalue weighted by atomic mass is 10.2. The fraction of sp³-hybridized carbons (Fsp3) is 0.462. The van der Waals surface area contributed by atoms with Gasteiger partial charge in [-0.1, -0.05) is 28.1 Å². The van der Waals surface area contributed by atoms with E-state index in [0.717, 1.165) is 11.3 Å². The van der Waals surface area contributed by atoms with Crippen LogP contribution in [-0.2, 0) is 20.9 Å². The summed E-state index contributed by atoms with van der Waals surface area (Å²) < 4.78 is 10.3. The van der Waals surface area contributed by atoms with Gasteiger partial charge in [-0.25, -0.2) is 0 Å². The molecular weight excluding hydrogens is 298 g/mol. The van der Waals surface area contributed by atoms with E-state index in [1.165, 1.54) is 0 Å². The Kier molecular flexibility index (Phi) is 7.64. The molecule has 1 N–H and O–H groups in total. The third-order valence-electron chi connectivity index (χ3n) is 2.23. The summed E-state index contributed by atoms with van der Waals surface area (Å²) in [6.07, 6.45) is 0.467. The van der Waals surface area contributed by atoms with Crippen molar-refractivity contribution in [2.24, 2.45) is 0 Å². The number of anilines is 1. The van der Waals surface area contributed by atoms with Crippen molar-refractivity contribution < 1.29 is 14.3 Å². The zero-order valence-electron chi connectivity index (χ0n) is 10.4. The highest BCUT2D eigenvalue weighted by Crippen LogP contribution is 2.12. The number of carbonyl (C=O) groups is 1. The minimum absolute atomic E-state index is 0.00401. The molecule has 0 aliphatic heterocycles. The van der Waals surface area contributed by atoms with E-state index in [1.54, 1.807) is 7.11 Å². The monoisotopic (exact) mass is 315 g/mol. The van der Waals surface area contributed by atoms with Crippen LogP contribution in [0.5, 0.6) is 0 Å². The number of hydrogen-bond donors (Lipinski definition) is 1. The Labute approximate surface area is 116 Å². The van der Waals surface area contributed by atoms with E-state index in [0.29, 0.717) is 31.6 Å². The number of amides is 1. The molecule has 0 spiro atoms. The van der Waals surface area contributed by atoms with Crippen LogP contribution in [0.15, 0.2) is 24.3 Å². The van der Waals surface area contributed by atoms with Gasteiger partial charge in [0.15, 0.2) is 0 Å². The number of rotatable bonds is 8. The number of alkyl halides is 1. The van der Waals surface area contributed by atoms with Crippen molar-refractivity contribution in [3.8, 4) is 0 Å². The van der Waals surface area contributed by atoms with Crippen LogP contribution in [0.1, 0.15) is 12.0 Å². The Morgan fingerprint density at radius 3 is 2.94 bits per heavy atom. The van der Waals surface area contributed by atoms with Crippen LogP contribution >= 0.6 is 15.9 Å². The number of halogens is 1. The lowest BCUT2D eigenvalue weighted by molar-refractivity contribution is -0.115. The number of methoxy groups -OCH3 is 1. The largest absolute Gasteiger partial charge is 0.382 e. The van der Waals surface area contributed by atoms with Crippen LogP contribution in [-0.4, -0.2) is 31.6 Å². The molecule has 0 aliphatic rings. The first-order valence-corrected chi connectivity index (χ1v) is 6.90. The fourth-order valence-electron chi connectivity index (χ4n) is 1.38. The maximum Gasteiger partial charge on any atom is 0.225 e. The number of carbonyl (C=O) groups excluding carboxylic acids is 1. The van der Waals surface area contributed by atoms with Crippen molar-refractivity contribution in [1.82, 2.24) is 0 Å². The Bertz CT molecular complexity index is 371. The minimum atomic E-state index is 0.00401. The Morgan fingerprint density at radius 1 is 1.39 bits per heavy atom. The second-order valence-corrected chi connectivity index (χ2v) is 4.53. The maximum absolute atomic E-state index is 11.4. The standard InChI is InChI=1S/C13H18BrNO3/c1-17-7-8-18-10-11-3-2-4-12(9-11)15-13(16)5-6-14/h2-4,9H,5-8,10H2,1H3,(H,15,16). The van der Waals surface area contributed by atoms with E-state index in [-0.39, 0.29) is 5.91 Å². The van der Waals surface area contributed by atoms with Gasteiger partial charge in [-0.3, -0.25) is 4.79 Å². The van der Waals surface area contributed by atoms with Gasteiger partial charge in [-0.15, -0.1) is 0 Å². The van der Waals surface area contributed by atoms with E-state index in [9.17, 15) is 4.79 Å². The third kappa shape index (κ3) is 6.14. The molecule has 0 fully saturated rings. The smallest absolute Gasteiger partial charge is 0.225 e. The highest BCUT2D eigenvalue weighted by Gasteiger charge is 2.02. The number of ether oxygens (including phenoxy) is 2. The van der Waals surface area contributed by atoms with Crippen molar-refractivity contribution in [1.29, 1.82) is 0 Å². The quantitative estimate of drug-likeness (QED) is 0.592. The second-order valence-electron chi connectivity index (χ2n) is 3.73. The van der Waals surface area contributed by atoms with E-state index in [4.69, 9.17) is 9.47 Å². The average molecular weight is 316 g/mol. The molecule has 0 radical (unpaired) electrons. The first-order valence-electron chi connectivity index (χ1n) is 5.77. The van der Waals surface area contributed by atoms with Crippen molar-refractivity contribution >= 4 is 27.5 Å². The SMILES string of the molecule is COCCOCc1cccc(NC(=O)CCBr)c1. The van der Waals surface area contributed by atoms with Gasteiger partial charge in [0.25, 0.3) is 0 Å². The summed E-state index contributed by atoms with van der Waals surface area (Å²) in [6.45, 7) is 1.67. The van der Waals surface area contributed by atoms with Gasteiger partial charge in [0.1, 0.15) is 0 Å². The molecule has 0 saturated heterocycles. The third-order valence-corrected chi connectivity index (χ3v) is 2.63. The molecule has 100 valence electrons. The molecule has 4 nitrogen and oxygen atoms in total. The number of nitrogens with one attached hydrogen (secondary N) is 1. The predicted octanol–water partition coefficient (Wildman–Crippen LogP) is 2.57. The second kappa shape index (κ2) is 9.08. The maximum atomic E-state index is 11.4. The molecule has 0 unspecified atom stereocenters. The summed E-state index contributed by atoms with van der Waals surface area (Å²) in [5, 5.41) is 3.50. The van der Waals surface area contributed by atoms with Gasteiger partial charge < -0.3 is 14.8 Å². The molecule has 0 aliphatic carbocycles. The Hall–Kier alpha value is -0.910. The minimum Gasteiger partial charge on any atom is -0.382 e. The van der Waals surface area contributed by atoms with Gasteiger partial charge in [0, 0.05) is 24.5 Å². The molecule has 1 rings (SSSR count). The Morgan fingerprint density at radius 2 is 2.22 bits per heavy atom. The summed E-state index contributed by atoms with van der Waals surface area (Å²) in [5.41, 5.74) is 1.83. The molecule has 5 heteroatoms. The van der Waals surface area contributed by atoms with Crippen molar-refractivity contribution in [3.63, 3.8) is 0 Å². The topological polar surface area (TPSA) is 47.6 Å². The van der Waals surface area contributed by atoms with E-state index >= 15 is 0 Å². The van der Waals surface area contributed by atoms with Crippen LogP contribution in [0.3, 0.4) is 0 Å². The van der Waals surface area contributed by atoms with E-state index in [2.05, 4.69) is 21.2 Å². The molecule has 1 amide bonds. The predicted molar refractivity (Wildman–Crippen MR) is 75.0 cm³/mol. The molecule has 0 heterocycles. The molecule has 0 saturated carbocycles. The van der Waals surface area contributed by atoms with Crippen LogP contribution in [0.25, 0.3) is 0 Å².